The van der Waals surface area contributed by atoms with Crippen molar-refractivity contribution < 1.29 is 100 Å². The lowest BCUT2D eigenvalue weighted by Crippen LogP contribution is -3.03. The number of ether oxygens (including phenoxy) is 11. The molecular weight excluding hydrogens is 1320 g/mol. The summed E-state index contributed by atoms with van der Waals surface area (Å²) < 4.78 is 62.3. The number of nitrogens with zero attached hydrogens (tertiary/aromatic N) is 3. The highest BCUT2D eigenvalue weighted by atomic mass is 16.6. The Morgan fingerprint density at radius 2 is 0.825 bits per heavy atom. The van der Waals surface area contributed by atoms with Gasteiger partial charge >= 0.3 is 11.9 Å². The van der Waals surface area contributed by atoms with Gasteiger partial charge in [-0.15, -0.1) is 0 Å². The minimum Gasteiger partial charge on any atom is -0.491 e. The third-order valence-corrected chi connectivity index (χ3v) is 19.2. The molecule has 0 saturated carbocycles. The molecule has 0 aromatic heterocycles. The van der Waals surface area contributed by atoms with Crippen LogP contribution in [0.4, 0.5) is 0 Å². The van der Waals surface area contributed by atoms with Crippen molar-refractivity contribution in [2.75, 3.05) is 152 Å². The molecule has 2 fully saturated rings. The molecule has 20 aliphatic heterocycles. The first-order valence-corrected chi connectivity index (χ1v) is 35.7. The van der Waals surface area contributed by atoms with E-state index < -0.39 is 72.3 Å². The molecule has 542 valence electrons. The van der Waals surface area contributed by atoms with Crippen LogP contribution in [-0.4, -0.2) is 208 Å². The molecule has 7 unspecified atom stereocenters. The maximum absolute atomic E-state index is 14.6. The van der Waals surface area contributed by atoms with E-state index in [9.17, 15) is 33.6 Å². The van der Waals surface area contributed by atoms with Gasteiger partial charge in [-0.1, -0.05) is 48.6 Å². The van der Waals surface area contributed by atoms with Gasteiger partial charge in [-0.3, -0.25) is 58.1 Å². The average molecular weight is 1410 g/mol. The van der Waals surface area contributed by atoms with Gasteiger partial charge < -0.3 is 57.0 Å². The van der Waals surface area contributed by atoms with E-state index in [-0.39, 0.29) is 39.6 Å². The number of rotatable bonds is 33. The van der Waals surface area contributed by atoms with Gasteiger partial charge in [-0.05, 0) is 102 Å². The molecule has 2 aliphatic carbocycles. The summed E-state index contributed by atoms with van der Waals surface area (Å²) in [6.45, 7) is 8.52. The molecule has 7 atom stereocenters. The largest absolute Gasteiger partial charge is 0.491 e. The SMILES string of the molecule is CCOCCOCCOC(=O)CN1C(=O)C2/C3=C/N4C=C/C(=C5/C=C[NH+](/C=C6C=C/C(=C\[NH+]7C=C/C(=C8\C=C[NH+](/C=C(C=C3)/C2C1=O)CC8)CC7)C1C(=O)N(CC(=O)OCCOCCOCCOc2cccc3c(OCCOCCOCCOc7ccc(C=O)cc7)cccc23)C(=O)C\61)CC5)CC4. The number of nitrogens with one attached hydrogen (secondary N) is 3. The van der Waals surface area contributed by atoms with E-state index in [1.807, 2.05) is 104 Å². The van der Waals surface area contributed by atoms with Gasteiger partial charge in [0.25, 0.3) is 0 Å². The second-order valence-corrected chi connectivity index (χ2v) is 25.8. The fourth-order valence-corrected chi connectivity index (χ4v) is 13.9. The molecule has 103 heavy (non-hydrogen) atoms. The predicted octanol–water partition coefficient (Wildman–Crippen LogP) is 3.81. The first-order valence-electron chi connectivity index (χ1n) is 35.7. The quantitative estimate of drug-likeness (QED) is 0.0340. The maximum atomic E-state index is 14.6. The number of imide groups is 2. The molecule has 22 aliphatic rings. The molecule has 0 spiro atoms. The Hall–Kier alpha value is -9.47. The van der Waals surface area contributed by atoms with Crippen molar-refractivity contribution in [3.63, 3.8) is 0 Å². The van der Waals surface area contributed by atoms with Crippen molar-refractivity contribution in [2.45, 2.75) is 32.6 Å². The summed E-state index contributed by atoms with van der Waals surface area (Å²) in [5.41, 5.74) is 8.13. The summed E-state index contributed by atoms with van der Waals surface area (Å²) in [7, 11) is 0. The van der Waals surface area contributed by atoms with Crippen LogP contribution in [0, 0.1) is 23.7 Å². The number of carbonyl (C=O) groups excluding carboxylic acids is 7. The number of allylic oxidation sites excluding steroid dienone is 8. The van der Waals surface area contributed by atoms with Gasteiger partial charge in [-0.25, -0.2) is 0 Å². The number of likely N-dealkylation sites (tertiary alicyclic amines) is 2. The Balaban J connectivity index is 0.619. The summed E-state index contributed by atoms with van der Waals surface area (Å²) in [4.78, 5) is 103. The van der Waals surface area contributed by atoms with Crippen LogP contribution in [0.1, 0.15) is 43.0 Å². The second-order valence-electron chi connectivity index (χ2n) is 25.8. The highest BCUT2D eigenvalue weighted by molar-refractivity contribution is 6.11. The summed E-state index contributed by atoms with van der Waals surface area (Å²) in [6.07, 6.45) is 36.1. The summed E-state index contributed by atoms with van der Waals surface area (Å²) >= 11 is 0. The Labute approximate surface area is 599 Å². The highest BCUT2D eigenvalue weighted by Crippen LogP contribution is 2.43. The number of esters is 2. The van der Waals surface area contributed by atoms with Gasteiger partial charge in [0.2, 0.25) is 23.6 Å². The number of aldehydes is 1. The zero-order chi connectivity index (χ0) is 71.3. The van der Waals surface area contributed by atoms with E-state index in [1.165, 1.54) is 22.3 Å². The molecule has 20 heterocycles. The van der Waals surface area contributed by atoms with Gasteiger partial charge in [-0.2, -0.15) is 0 Å². The van der Waals surface area contributed by atoms with E-state index in [1.54, 1.807) is 24.3 Å². The molecule has 0 radical (unpaired) electrons. The zero-order valence-corrected chi connectivity index (χ0v) is 58.2. The lowest BCUT2D eigenvalue weighted by Gasteiger charge is -2.28. The molecule has 3 N–H and O–H groups in total. The summed E-state index contributed by atoms with van der Waals surface area (Å²) in [5, 5.41) is 1.80. The molecule has 2 saturated heterocycles. The molecule has 12 bridgehead atoms. The van der Waals surface area contributed by atoms with Crippen LogP contribution < -0.4 is 28.9 Å². The number of hydrogen-bond donors (Lipinski definition) is 3. The molecule has 4 amide bonds. The van der Waals surface area contributed by atoms with Crippen LogP contribution in [0.15, 0.2) is 203 Å². The molecule has 25 rings (SSSR count). The highest BCUT2D eigenvalue weighted by Gasteiger charge is 2.54. The zero-order valence-electron chi connectivity index (χ0n) is 58.2. The standard InChI is InChI=1S/C79H88N6O18/c1-2-93-33-34-94-42-47-102-70(87)53-84-76(89)72-61-11-12-62(73(72)77(84)90)50-81-27-19-58(20-28-81)60-23-31-83(32-24-60)52-64-14-13-63(51-82-29-21-59(22-30-82)57-17-25-80(49-61)26-18-57)74-75(64)79(92)85(78(74)91)54-71(88)103-48-43-98-38-37-97-41-46-101-69-8-4-5-66-67(69)6-3-7-68(66)100-45-40-96-36-35-95-39-44-99-65-15-9-56(55-86)10-16-65/h3-17,19,21,23,25,27,29,31,49-52,55,72-75H,2,18,20,22,24,26,28,30,32-48,53-54H2,1H3/p+3/b59-57-,60-58+,61-49+,62-50+,63-51+,64-52+. The van der Waals surface area contributed by atoms with Gasteiger partial charge in [0.15, 0.2) is 0 Å². The Kier molecular flexibility index (Phi) is 26.0. The van der Waals surface area contributed by atoms with Crippen LogP contribution in [0.25, 0.3) is 10.8 Å². The Morgan fingerprint density at radius 1 is 0.437 bits per heavy atom. The van der Waals surface area contributed by atoms with E-state index in [0.717, 1.165) is 67.2 Å². The number of amides is 4. The molecule has 3 aromatic rings. The third kappa shape index (κ3) is 19.0. The van der Waals surface area contributed by atoms with Gasteiger partial charge in [0.1, 0.15) is 88.3 Å². The van der Waals surface area contributed by atoms with E-state index in [4.69, 9.17) is 52.1 Å². The number of quaternary nitrogens is 3. The van der Waals surface area contributed by atoms with Crippen LogP contribution >= 0.6 is 0 Å². The monoisotopic (exact) mass is 1410 g/mol. The molecule has 24 heteroatoms. The van der Waals surface area contributed by atoms with E-state index in [2.05, 4.69) is 42.9 Å². The fraction of sp³-hybridized carbons (Fsp3) is 0.405. The second kappa shape index (κ2) is 36.6. The van der Waals surface area contributed by atoms with Crippen molar-refractivity contribution in [1.29, 1.82) is 0 Å². The number of carbonyl (C=O) groups is 7. The Morgan fingerprint density at radius 3 is 1.22 bits per heavy atom. The first kappa shape index (κ1) is 73.3. The lowest BCUT2D eigenvalue weighted by molar-refractivity contribution is -0.792. The number of benzene rings is 3. The average Bonchev–Trinajstić information content (AvgIpc) is 1.61. The third-order valence-electron chi connectivity index (χ3n) is 19.2. The van der Waals surface area contributed by atoms with Crippen LogP contribution in [-0.2, 0) is 66.7 Å². The van der Waals surface area contributed by atoms with E-state index in [0.29, 0.717) is 144 Å². The first-order chi connectivity index (χ1) is 50.5. The van der Waals surface area contributed by atoms with Crippen molar-refractivity contribution in [1.82, 2.24) is 14.7 Å². The van der Waals surface area contributed by atoms with Crippen LogP contribution in [0.5, 0.6) is 17.2 Å². The minimum absolute atomic E-state index is 0.0185. The van der Waals surface area contributed by atoms with Gasteiger partial charge in [0, 0.05) is 77.9 Å². The van der Waals surface area contributed by atoms with Crippen molar-refractivity contribution in [3.05, 3.63) is 209 Å². The molecule has 24 nitrogen and oxygen atoms in total. The smallest absolute Gasteiger partial charge is 0.326 e. The predicted molar refractivity (Wildman–Crippen MR) is 376 cm³/mol. The summed E-state index contributed by atoms with van der Waals surface area (Å²) in [6, 6.07) is 18.5. The van der Waals surface area contributed by atoms with Crippen LogP contribution in [0.3, 0.4) is 0 Å². The number of hydrogen-bond acceptors (Lipinski definition) is 19. The van der Waals surface area contributed by atoms with E-state index >= 15 is 0 Å². The maximum Gasteiger partial charge on any atom is 0.326 e. The van der Waals surface area contributed by atoms with Crippen LogP contribution in [0.2, 0.25) is 0 Å². The molecule has 3 aromatic carbocycles. The van der Waals surface area contributed by atoms with Crippen molar-refractivity contribution >= 4 is 52.6 Å². The fourth-order valence-electron chi connectivity index (χ4n) is 13.9. The Bertz CT molecular complexity index is 3870. The summed E-state index contributed by atoms with van der Waals surface area (Å²) in [5.74, 6) is -4.41. The normalized spacial score (nSPS) is 26.1. The van der Waals surface area contributed by atoms with Crippen molar-refractivity contribution in [2.24, 2.45) is 23.7 Å². The molecular formula is C79H91N6O18+3. The van der Waals surface area contributed by atoms with Gasteiger partial charge in [0.05, 0.1) is 135 Å². The minimum atomic E-state index is -0.836. The van der Waals surface area contributed by atoms with Crippen molar-refractivity contribution in [3.8, 4) is 17.2 Å². The lowest BCUT2D eigenvalue weighted by atomic mass is 9.78. The topological polar surface area (TPSA) is 244 Å². The number of fused-ring (bicyclic) bond motifs is 2.